The van der Waals surface area contributed by atoms with Crippen LogP contribution in [0.3, 0.4) is 0 Å². The molecule has 0 radical (unpaired) electrons. The minimum atomic E-state index is -0.823. The molecule has 2 amide bonds. The molecule has 0 rings (SSSR count). The van der Waals surface area contributed by atoms with Gasteiger partial charge in [0.15, 0.2) is 0 Å². The Hall–Kier alpha value is -1.46. The van der Waals surface area contributed by atoms with Gasteiger partial charge in [0.05, 0.1) is 0 Å². The standard InChI is InChI=1S/C13H26N2O4/c1-6-7-12(2,3)19-11(17)15-9-8-13(4,5)18-10(14)16/h6-9H2,1-5H3,(H2,14,16)(H,15,17). The maximum atomic E-state index is 11.6. The lowest BCUT2D eigenvalue weighted by Crippen LogP contribution is -2.38. The first-order chi connectivity index (χ1) is 8.58. The van der Waals surface area contributed by atoms with Crippen LogP contribution in [0.5, 0.6) is 0 Å². The number of nitrogens with two attached hydrogens (primary N) is 1. The third-order valence-electron chi connectivity index (χ3n) is 2.59. The van der Waals surface area contributed by atoms with E-state index in [1.807, 2.05) is 20.8 Å². The fourth-order valence-corrected chi connectivity index (χ4v) is 1.73. The summed E-state index contributed by atoms with van der Waals surface area (Å²) in [6.07, 6.45) is 0.917. The molecule has 0 aromatic heterocycles. The number of hydrogen-bond donors (Lipinski definition) is 2. The van der Waals surface area contributed by atoms with E-state index in [-0.39, 0.29) is 0 Å². The van der Waals surface area contributed by atoms with Crippen LogP contribution < -0.4 is 11.1 Å². The molecule has 0 aliphatic heterocycles. The first-order valence-corrected chi connectivity index (χ1v) is 6.53. The number of nitrogens with one attached hydrogen (secondary N) is 1. The number of ether oxygens (including phenoxy) is 2. The van der Waals surface area contributed by atoms with E-state index in [2.05, 4.69) is 5.32 Å². The summed E-state index contributed by atoms with van der Waals surface area (Å²) in [5.74, 6) is 0. The Labute approximate surface area is 115 Å². The van der Waals surface area contributed by atoms with Crippen molar-refractivity contribution in [1.29, 1.82) is 0 Å². The van der Waals surface area contributed by atoms with Gasteiger partial charge in [-0.15, -0.1) is 0 Å². The Balaban J connectivity index is 4.01. The maximum Gasteiger partial charge on any atom is 0.407 e. The smallest absolute Gasteiger partial charge is 0.407 e. The molecule has 112 valence electrons. The van der Waals surface area contributed by atoms with Gasteiger partial charge in [-0.25, -0.2) is 9.59 Å². The van der Waals surface area contributed by atoms with Crippen LogP contribution in [0, 0.1) is 0 Å². The molecule has 3 N–H and O–H groups in total. The highest BCUT2D eigenvalue weighted by Crippen LogP contribution is 2.17. The fraction of sp³-hybridized carbons (Fsp3) is 0.846. The van der Waals surface area contributed by atoms with Crippen molar-refractivity contribution in [2.75, 3.05) is 6.54 Å². The van der Waals surface area contributed by atoms with Crippen LogP contribution in [0.2, 0.25) is 0 Å². The predicted molar refractivity (Wildman–Crippen MR) is 72.8 cm³/mol. The highest BCUT2D eigenvalue weighted by Gasteiger charge is 2.24. The fourth-order valence-electron chi connectivity index (χ4n) is 1.73. The van der Waals surface area contributed by atoms with Gasteiger partial charge in [0, 0.05) is 13.0 Å². The van der Waals surface area contributed by atoms with Crippen molar-refractivity contribution in [2.45, 2.75) is 65.1 Å². The van der Waals surface area contributed by atoms with Crippen LogP contribution in [0.25, 0.3) is 0 Å². The van der Waals surface area contributed by atoms with E-state index in [0.717, 1.165) is 12.8 Å². The summed E-state index contributed by atoms with van der Waals surface area (Å²) in [5, 5.41) is 2.63. The van der Waals surface area contributed by atoms with Crippen molar-refractivity contribution in [3.05, 3.63) is 0 Å². The van der Waals surface area contributed by atoms with Crippen molar-refractivity contribution in [3.63, 3.8) is 0 Å². The van der Waals surface area contributed by atoms with E-state index in [1.54, 1.807) is 13.8 Å². The molecule has 0 aliphatic carbocycles. The van der Waals surface area contributed by atoms with Crippen molar-refractivity contribution in [3.8, 4) is 0 Å². The second-order valence-corrected chi connectivity index (χ2v) is 5.76. The molecule has 0 atom stereocenters. The molecule has 0 saturated carbocycles. The molecular formula is C13H26N2O4. The van der Waals surface area contributed by atoms with Gasteiger partial charge in [-0.1, -0.05) is 13.3 Å². The summed E-state index contributed by atoms with van der Waals surface area (Å²) in [7, 11) is 0. The molecule has 0 aromatic carbocycles. The number of carbonyl (C=O) groups is 2. The van der Waals surface area contributed by atoms with Gasteiger partial charge >= 0.3 is 12.2 Å². The number of primary amides is 1. The highest BCUT2D eigenvalue weighted by atomic mass is 16.6. The van der Waals surface area contributed by atoms with Gasteiger partial charge in [0.25, 0.3) is 0 Å². The van der Waals surface area contributed by atoms with Gasteiger partial charge in [-0.2, -0.15) is 0 Å². The van der Waals surface area contributed by atoms with E-state index >= 15 is 0 Å². The summed E-state index contributed by atoms with van der Waals surface area (Å²) in [6.45, 7) is 9.58. The SMILES string of the molecule is CCCC(C)(C)OC(=O)NCCC(C)(C)OC(N)=O. The monoisotopic (exact) mass is 274 g/mol. The van der Waals surface area contributed by atoms with Crippen LogP contribution in [0.15, 0.2) is 0 Å². The topological polar surface area (TPSA) is 90.7 Å². The van der Waals surface area contributed by atoms with Crippen LogP contribution in [-0.2, 0) is 9.47 Å². The molecule has 19 heavy (non-hydrogen) atoms. The molecule has 0 fully saturated rings. The first-order valence-electron chi connectivity index (χ1n) is 6.53. The largest absolute Gasteiger partial charge is 0.444 e. The lowest BCUT2D eigenvalue weighted by molar-refractivity contribution is 0.0265. The van der Waals surface area contributed by atoms with Crippen LogP contribution in [0.1, 0.15) is 53.9 Å². The normalized spacial score (nSPS) is 11.8. The second kappa shape index (κ2) is 7.21. The first kappa shape index (κ1) is 17.5. The Morgan fingerprint density at radius 3 is 2.05 bits per heavy atom. The lowest BCUT2D eigenvalue weighted by Gasteiger charge is -2.26. The molecule has 0 heterocycles. The quantitative estimate of drug-likeness (QED) is 0.746. The molecule has 0 aromatic rings. The Bertz CT molecular complexity index is 314. The zero-order valence-electron chi connectivity index (χ0n) is 12.5. The number of hydrogen-bond acceptors (Lipinski definition) is 4. The second-order valence-electron chi connectivity index (χ2n) is 5.76. The Morgan fingerprint density at radius 2 is 1.58 bits per heavy atom. The van der Waals surface area contributed by atoms with E-state index in [1.165, 1.54) is 0 Å². The van der Waals surface area contributed by atoms with Gasteiger partial charge in [-0.05, 0) is 34.1 Å². The number of alkyl carbamates (subject to hydrolysis) is 1. The summed E-state index contributed by atoms with van der Waals surface area (Å²) in [4.78, 5) is 22.2. The molecule has 0 bridgehead atoms. The number of carbonyl (C=O) groups excluding carboxylic acids is 2. The minimum Gasteiger partial charge on any atom is -0.444 e. The van der Waals surface area contributed by atoms with Crippen molar-refractivity contribution < 1.29 is 19.1 Å². The molecular weight excluding hydrogens is 248 g/mol. The average Bonchev–Trinajstić information content (AvgIpc) is 2.12. The third kappa shape index (κ3) is 9.16. The van der Waals surface area contributed by atoms with Gasteiger partial charge in [-0.3, -0.25) is 0 Å². The molecule has 6 nitrogen and oxygen atoms in total. The van der Waals surface area contributed by atoms with Crippen molar-refractivity contribution in [2.24, 2.45) is 5.73 Å². The highest BCUT2D eigenvalue weighted by molar-refractivity contribution is 5.67. The molecule has 0 aliphatic rings. The average molecular weight is 274 g/mol. The molecule has 0 saturated heterocycles. The van der Waals surface area contributed by atoms with E-state index in [9.17, 15) is 9.59 Å². The predicted octanol–water partition coefficient (Wildman–Crippen LogP) is 2.56. The Kier molecular flexibility index (Phi) is 6.65. The summed E-state index contributed by atoms with van der Waals surface area (Å²) >= 11 is 0. The van der Waals surface area contributed by atoms with E-state index in [4.69, 9.17) is 15.2 Å². The number of amides is 2. The lowest BCUT2D eigenvalue weighted by atomic mass is 10.0. The zero-order valence-corrected chi connectivity index (χ0v) is 12.5. The Morgan fingerprint density at radius 1 is 1.05 bits per heavy atom. The summed E-state index contributed by atoms with van der Waals surface area (Å²) in [6, 6.07) is 0. The van der Waals surface area contributed by atoms with Crippen LogP contribution in [-0.4, -0.2) is 29.9 Å². The van der Waals surface area contributed by atoms with E-state index in [0.29, 0.717) is 13.0 Å². The van der Waals surface area contributed by atoms with Gasteiger partial charge < -0.3 is 20.5 Å². The molecule has 0 spiro atoms. The minimum absolute atomic E-state index is 0.349. The maximum absolute atomic E-state index is 11.6. The van der Waals surface area contributed by atoms with Crippen LogP contribution in [0.4, 0.5) is 9.59 Å². The van der Waals surface area contributed by atoms with Crippen molar-refractivity contribution >= 4 is 12.2 Å². The van der Waals surface area contributed by atoms with E-state index < -0.39 is 23.4 Å². The molecule has 0 unspecified atom stereocenters. The van der Waals surface area contributed by atoms with Crippen molar-refractivity contribution in [1.82, 2.24) is 5.32 Å². The van der Waals surface area contributed by atoms with Gasteiger partial charge in [0.1, 0.15) is 11.2 Å². The summed E-state index contributed by atoms with van der Waals surface area (Å²) in [5.41, 5.74) is 3.77. The van der Waals surface area contributed by atoms with Crippen LogP contribution >= 0.6 is 0 Å². The number of rotatable bonds is 7. The summed E-state index contributed by atoms with van der Waals surface area (Å²) < 4.78 is 10.2. The third-order valence-corrected chi connectivity index (χ3v) is 2.59. The zero-order chi connectivity index (χ0) is 15.1. The van der Waals surface area contributed by atoms with Gasteiger partial charge in [0.2, 0.25) is 0 Å². The molecule has 6 heteroatoms.